The number of rotatable bonds is 6. The van der Waals surface area contributed by atoms with Crippen LogP contribution in [0.1, 0.15) is 26.8 Å². The molecule has 0 spiro atoms. The highest BCUT2D eigenvalue weighted by molar-refractivity contribution is 5.61. The topological polar surface area (TPSA) is 78.8 Å². The molecule has 0 aliphatic rings. The zero-order valence-corrected chi connectivity index (χ0v) is 12.5. The minimum Gasteiger partial charge on any atom is -0.396 e. The number of benzene rings is 1. The van der Waals surface area contributed by atoms with Crippen LogP contribution in [-0.4, -0.2) is 33.4 Å². The van der Waals surface area contributed by atoms with E-state index in [2.05, 4.69) is 29.4 Å². The van der Waals surface area contributed by atoms with Crippen molar-refractivity contribution in [1.29, 1.82) is 0 Å². The fourth-order valence-electron chi connectivity index (χ4n) is 2.07. The Morgan fingerprint density at radius 2 is 2.14 bits per heavy atom. The largest absolute Gasteiger partial charge is 0.396 e. The number of nitrogens with zero attached hydrogens (tertiary/aromatic N) is 4. The van der Waals surface area contributed by atoms with Gasteiger partial charge in [0.1, 0.15) is 5.82 Å². The molecular weight excluding hydrogens is 273 g/mol. The number of anilines is 1. The van der Waals surface area contributed by atoms with Crippen molar-refractivity contribution in [2.24, 2.45) is 5.92 Å². The van der Waals surface area contributed by atoms with Gasteiger partial charge in [-0.3, -0.25) is 0 Å². The summed E-state index contributed by atoms with van der Waals surface area (Å²) in [5.74, 6) is 0.393. The van der Waals surface area contributed by atoms with E-state index in [1.54, 1.807) is 10.7 Å². The molecule has 0 saturated heterocycles. The Hall–Kier alpha value is -2.02. The number of halogens is 1. The van der Waals surface area contributed by atoms with Crippen LogP contribution in [0.3, 0.4) is 0 Å². The third-order valence-electron chi connectivity index (χ3n) is 3.32. The van der Waals surface area contributed by atoms with E-state index in [0.29, 0.717) is 24.6 Å². The van der Waals surface area contributed by atoms with Crippen molar-refractivity contribution in [2.75, 3.05) is 18.9 Å². The third kappa shape index (κ3) is 3.36. The van der Waals surface area contributed by atoms with Crippen LogP contribution in [0, 0.1) is 11.7 Å². The van der Waals surface area contributed by atoms with Gasteiger partial charge in [-0.1, -0.05) is 13.8 Å². The van der Waals surface area contributed by atoms with E-state index in [1.807, 2.05) is 6.92 Å². The summed E-state index contributed by atoms with van der Waals surface area (Å²) in [5.41, 5.74) is 6.37. The summed E-state index contributed by atoms with van der Waals surface area (Å²) in [6, 6.07) is 4.47. The van der Waals surface area contributed by atoms with Crippen LogP contribution in [-0.2, 0) is 4.74 Å². The molecule has 1 heterocycles. The number of aromatic nitrogens is 4. The van der Waals surface area contributed by atoms with E-state index in [1.165, 1.54) is 12.1 Å². The minimum absolute atomic E-state index is 0.00114. The molecule has 2 rings (SSSR count). The molecule has 2 aromatic rings. The molecule has 1 unspecified atom stereocenters. The highest BCUT2D eigenvalue weighted by Gasteiger charge is 2.22. The smallest absolute Gasteiger partial charge is 0.182 e. The second-order valence-electron chi connectivity index (χ2n) is 5.15. The predicted molar refractivity (Wildman–Crippen MR) is 78.0 cm³/mol. The maximum absolute atomic E-state index is 13.3. The Labute approximate surface area is 123 Å². The Kier molecular flexibility index (Phi) is 4.85. The summed E-state index contributed by atoms with van der Waals surface area (Å²) >= 11 is 0. The van der Waals surface area contributed by atoms with Gasteiger partial charge in [-0.15, -0.1) is 5.10 Å². The molecule has 0 aliphatic carbocycles. The number of ether oxygens (including phenoxy) is 1. The third-order valence-corrected chi connectivity index (χ3v) is 3.32. The number of hydrogen-bond acceptors (Lipinski definition) is 5. The Bertz CT molecular complexity index is 599. The Morgan fingerprint density at radius 3 is 2.76 bits per heavy atom. The van der Waals surface area contributed by atoms with Crippen LogP contribution in [0.5, 0.6) is 0 Å². The first-order chi connectivity index (χ1) is 10.0. The van der Waals surface area contributed by atoms with Crippen molar-refractivity contribution in [2.45, 2.75) is 26.8 Å². The van der Waals surface area contributed by atoms with Gasteiger partial charge < -0.3 is 10.5 Å². The molecule has 7 heteroatoms. The van der Waals surface area contributed by atoms with Gasteiger partial charge in [0.25, 0.3) is 0 Å². The first kappa shape index (κ1) is 15.4. The van der Waals surface area contributed by atoms with E-state index in [0.717, 1.165) is 0 Å². The average molecular weight is 293 g/mol. The fraction of sp³-hybridized carbons (Fsp3) is 0.500. The lowest BCUT2D eigenvalue weighted by molar-refractivity contribution is 0.0913. The summed E-state index contributed by atoms with van der Waals surface area (Å²) in [6.07, 6.45) is 0. The van der Waals surface area contributed by atoms with Crippen LogP contribution in [0.15, 0.2) is 18.2 Å². The minimum atomic E-state index is -0.451. The maximum atomic E-state index is 13.3. The van der Waals surface area contributed by atoms with Gasteiger partial charge in [-0.05, 0) is 41.5 Å². The molecule has 6 nitrogen and oxygen atoms in total. The maximum Gasteiger partial charge on any atom is 0.182 e. The summed E-state index contributed by atoms with van der Waals surface area (Å²) in [6.45, 7) is 7.24. The van der Waals surface area contributed by atoms with Crippen molar-refractivity contribution < 1.29 is 9.13 Å². The molecule has 1 aromatic carbocycles. The molecule has 1 atom stereocenters. The Balaban J connectivity index is 2.38. The van der Waals surface area contributed by atoms with Crippen LogP contribution in [0.2, 0.25) is 0 Å². The van der Waals surface area contributed by atoms with Crippen LogP contribution < -0.4 is 5.73 Å². The van der Waals surface area contributed by atoms with Crippen molar-refractivity contribution in [3.8, 4) is 11.4 Å². The lowest BCUT2D eigenvalue weighted by Gasteiger charge is -2.21. The monoisotopic (exact) mass is 293 g/mol. The molecule has 1 aromatic heterocycles. The second kappa shape index (κ2) is 6.62. The molecule has 0 amide bonds. The van der Waals surface area contributed by atoms with Crippen molar-refractivity contribution in [3.05, 3.63) is 24.0 Å². The average Bonchev–Trinajstić information content (AvgIpc) is 2.91. The van der Waals surface area contributed by atoms with E-state index in [-0.39, 0.29) is 17.6 Å². The van der Waals surface area contributed by atoms with Crippen molar-refractivity contribution in [1.82, 2.24) is 20.2 Å². The zero-order chi connectivity index (χ0) is 15.4. The summed E-state index contributed by atoms with van der Waals surface area (Å²) < 4.78 is 20.5. The highest BCUT2D eigenvalue weighted by Crippen LogP contribution is 2.26. The molecule has 0 bridgehead atoms. The van der Waals surface area contributed by atoms with Gasteiger partial charge in [-0.25, -0.2) is 9.07 Å². The quantitative estimate of drug-likeness (QED) is 0.827. The van der Waals surface area contributed by atoms with E-state index in [9.17, 15) is 4.39 Å². The molecule has 0 aliphatic heterocycles. The summed E-state index contributed by atoms with van der Waals surface area (Å²) in [4.78, 5) is 0. The van der Waals surface area contributed by atoms with Gasteiger partial charge in [0.15, 0.2) is 5.82 Å². The normalized spacial score (nSPS) is 12.8. The second-order valence-corrected chi connectivity index (χ2v) is 5.15. The molecule has 0 fully saturated rings. The standard InChI is InChI=1S/C14H20FN5O/c1-4-21-8-13(9(2)3)20-14(17-18-19-20)10-5-6-11(15)12(16)7-10/h5-7,9,13H,4,8,16H2,1-3H3. The summed E-state index contributed by atoms with van der Waals surface area (Å²) in [7, 11) is 0. The van der Waals surface area contributed by atoms with E-state index in [4.69, 9.17) is 10.5 Å². The molecule has 2 N–H and O–H groups in total. The highest BCUT2D eigenvalue weighted by atomic mass is 19.1. The van der Waals surface area contributed by atoms with Gasteiger partial charge in [-0.2, -0.15) is 0 Å². The molecular formula is C14H20FN5O. The first-order valence-corrected chi connectivity index (χ1v) is 6.95. The van der Waals surface area contributed by atoms with Gasteiger partial charge in [0, 0.05) is 12.2 Å². The van der Waals surface area contributed by atoms with Crippen molar-refractivity contribution in [3.63, 3.8) is 0 Å². The van der Waals surface area contributed by atoms with Crippen LogP contribution >= 0.6 is 0 Å². The van der Waals surface area contributed by atoms with E-state index < -0.39 is 5.82 Å². The first-order valence-electron chi connectivity index (χ1n) is 6.95. The zero-order valence-electron chi connectivity index (χ0n) is 12.5. The Morgan fingerprint density at radius 1 is 1.38 bits per heavy atom. The number of tetrazole rings is 1. The molecule has 0 radical (unpaired) electrons. The van der Waals surface area contributed by atoms with Gasteiger partial charge >= 0.3 is 0 Å². The van der Waals surface area contributed by atoms with Gasteiger partial charge in [0.2, 0.25) is 0 Å². The van der Waals surface area contributed by atoms with Crippen LogP contribution in [0.25, 0.3) is 11.4 Å². The van der Waals surface area contributed by atoms with Gasteiger partial charge in [0.05, 0.1) is 18.3 Å². The summed E-state index contributed by atoms with van der Waals surface area (Å²) in [5, 5.41) is 11.8. The lowest BCUT2D eigenvalue weighted by Crippen LogP contribution is -2.23. The lowest BCUT2D eigenvalue weighted by atomic mass is 10.0. The molecule has 21 heavy (non-hydrogen) atoms. The predicted octanol–water partition coefficient (Wildman–Crippen LogP) is 2.29. The number of nitrogen functional groups attached to an aromatic ring is 1. The SMILES string of the molecule is CCOCC(C(C)C)n1nnnc1-c1ccc(F)c(N)c1. The molecule has 114 valence electrons. The van der Waals surface area contributed by atoms with Crippen LogP contribution in [0.4, 0.5) is 10.1 Å². The number of hydrogen-bond donors (Lipinski definition) is 1. The van der Waals surface area contributed by atoms with E-state index >= 15 is 0 Å². The fourth-order valence-corrected chi connectivity index (χ4v) is 2.07. The number of nitrogens with two attached hydrogens (primary N) is 1. The molecule has 0 saturated carbocycles. The van der Waals surface area contributed by atoms with Crippen molar-refractivity contribution >= 4 is 5.69 Å².